The van der Waals surface area contributed by atoms with Crippen LogP contribution in [0, 0.1) is 11.3 Å². The van der Waals surface area contributed by atoms with E-state index in [2.05, 4.69) is 13.0 Å². The van der Waals surface area contributed by atoms with Crippen LogP contribution in [0.3, 0.4) is 0 Å². The number of unbranched alkanes of at least 4 members (excludes halogenated alkanes) is 1. The number of benzene rings is 1. The zero-order valence-electron chi connectivity index (χ0n) is 10.4. The van der Waals surface area contributed by atoms with Gasteiger partial charge in [0.05, 0.1) is 6.07 Å². The lowest BCUT2D eigenvalue weighted by Gasteiger charge is -2.26. The Morgan fingerprint density at radius 2 is 2.06 bits per heavy atom. The fraction of sp³-hybridized carbons (Fsp3) is 0.429. The predicted molar refractivity (Wildman–Crippen MR) is 67.1 cm³/mol. The fourth-order valence-electron chi connectivity index (χ4n) is 1.76. The van der Waals surface area contributed by atoms with Gasteiger partial charge in [-0.3, -0.25) is 4.79 Å². The fourth-order valence-corrected chi connectivity index (χ4v) is 1.76. The van der Waals surface area contributed by atoms with Crippen LogP contribution in [0.4, 0.5) is 0 Å². The Balaban J connectivity index is 2.90. The number of nitrogens with zero attached hydrogens (tertiary/aromatic N) is 2. The number of amides is 1. The molecule has 0 aliphatic carbocycles. The van der Waals surface area contributed by atoms with Crippen LogP contribution in [-0.2, 0) is 4.79 Å². The molecular formula is C14H18N2O. The van der Waals surface area contributed by atoms with Crippen molar-refractivity contribution >= 4 is 5.91 Å². The van der Waals surface area contributed by atoms with E-state index in [1.54, 1.807) is 4.90 Å². The lowest BCUT2D eigenvalue weighted by Crippen LogP contribution is -2.33. The molecule has 1 amide bonds. The van der Waals surface area contributed by atoms with Gasteiger partial charge in [0.2, 0.25) is 5.91 Å². The third kappa shape index (κ3) is 3.60. The Morgan fingerprint density at radius 3 is 2.53 bits per heavy atom. The zero-order valence-corrected chi connectivity index (χ0v) is 10.4. The lowest BCUT2D eigenvalue weighted by molar-refractivity contribution is -0.130. The molecule has 0 spiro atoms. The van der Waals surface area contributed by atoms with Gasteiger partial charge in [-0.15, -0.1) is 0 Å². The molecule has 0 aliphatic heterocycles. The smallest absolute Gasteiger partial charge is 0.220 e. The van der Waals surface area contributed by atoms with Gasteiger partial charge in [0.1, 0.15) is 6.04 Å². The summed E-state index contributed by atoms with van der Waals surface area (Å²) < 4.78 is 0. The Kier molecular flexibility index (Phi) is 5.22. The highest BCUT2D eigenvalue weighted by Gasteiger charge is 2.21. The van der Waals surface area contributed by atoms with E-state index in [1.807, 2.05) is 30.3 Å². The van der Waals surface area contributed by atoms with E-state index < -0.39 is 6.04 Å². The molecule has 0 N–H and O–H groups in total. The summed E-state index contributed by atoms with van der Waals surface area (Å²) in [6.45, 7) is 4.23. The normalized spacial score (nSPS) is 11.6. The summed E-state index contributed by atoms with van der Waals surface area (Å²) in [5, 5.41) is 9.25. The molecule has 3 nitrogen and oxygen atoms in total. The molecule has 0 saturated carbocycles. The van der Waals surface area contributed by atoms with Gasteiger partial charge < -0.3 is 4.90 Å². The Bertz CT molecular complexity index is 394. The number of carbonyl (C=O) groups excluding carboxylic acids is 1. The maximum absolute atomic E-state index is 11.6. The second-order valence-electron chi connectivity index (χ2n) is 4.01. The second kappa shape index (κ2) is 6.70. The minimum atomic E-state index is -0.472. The maximum Gasteiger partial charge on any atom is 0.220 e. The molecule has 0 radical (unpaired) electrons. The van der Waals surface area contributed by atoms with Gasteiger partial charge in [-0.2, -0.15) is 5.26 Å². The largest absolute Gasteiger partial charge is 0.323 e. The summed E-state index contributed by atoms with van der Waals surface area (Å²) in [4.78, 5) is 13.2. The summed E-state index contributed by atoms with van der Waals surface area (Å²) in [5.74, 6) is -0.0474. The molecule has 0 saturated heterocycles. The van der Waals surface area contributed by atoms with Crippen molar-refractivity contribution in [2.45, 2.75) is 32.7 Å². The first-order chi connectivity index (χ1) is 8.20. The molecule has 0 bridgehead atoms. The van der Waals surface area contributed by atoms with Crippen molar-refractivity contribution in [3.63, 3.8) is 0 Å². The topological polar surface area (TPSA) is 44.1 Å². The average Bonchev–Trinajstić information content (AvgIpc) is 2.35. The quantitative estimate of drug-likeness (QED) is 0.780. The van der Waals surface area contributed by atoms with Crippen LogP contribution >= 0.6 is 0 Å². The molecule has 1 aromatic carbocycles. The molecule has 0 aromatic heterocycles. The maximum atomic E-state index is 11.6. The summed E-state index contributed by atoms with van der Waals surface area (Å²) in [6.07, 6.45) is 1.93. The third-order valence-corrected chi connectivity index (χ3v) is 2.71. The zero-order chi connectivity index (χ0) is 12.7. The Labute approximate surface area is 103 Å². The van der Waals surface area contributed by atoms with Gasteiger partial charge in [0.25, 0.3) is 0 Å². The van der Waals surface area contributed by atoms with Gasteiger partial charge in [-0.1, -0.05) is 43.7 Å². The van der Waals surface area contributed by atoms with E-state index in [0.29, 0.717) is 6.54 Å². The molecule has 0 fully saturated rings. The predicted octanol–water partition coefficient (Wildman–Crippen LogP) is 2.90. The summed E-state index contributed by atoms with van der Waals surface area (Å²) in [6, 6.07) is 11.2. The van der Waals surface area contributed by atoms with E-state index in [-0.39, 0.29) is 5.91 Å². The van der Waals surface area contributed by atoms with Crippen molar-refractivity contribution in [2.75, 3.05) is 6.54 Å². The molecule has 90 valence electrons. The van der Waals surface area contributed by atoms with E-state index in [1.165, 1.54) is 6.92 Å². The highest BCUT2D eigenvalue weighted by molar-refractivity contribution is 5.74. The van der Waals surface area contributed by atoms with Gasteiger partial charge in [-0.05, 0) is 12.0 Å². The number of rotatable bonds is 5. The van der Waals surface area contributed by atoms with E-state index >= 15 is 0 Å². The van der Waals surface area contributed by atoms with Crippen LogP contribution in [0.5, 0.6) is 0 Å². The van der Waals surface area contributed by atoms with E-state index in [9.17, 15) is 10.1 Å². The van der Waals surface area contributed by atoms with Gasteiger partial charge in [0.15, 0.2) is 0 Å². The first kappa shape index (κ1) is 13.2. The molecule has 0 aliphatic rings. The molecule has 0 heterocycles. The van der Waals surface area contributed by atoms with Crippen molar-refractivity contribution < 1.29 is 4.79 Å². The van der Waals surface area contributed by atoms with E-state index in [4.69, 9.17) is 0 Å². The molecule has 1 rings (SSSR count). The van der Waals surface area contributed by atoms with Crippen LogP contribution in [0.15, 0.2) is 30.3 Å². The van der Waals surface area contributed by atoms with Crippen LogP contribution in [0.2, 0.25) is 0 Å². The highest BCUT2D eigenvalue weighted by atomic mass is 16.2. The summed E-state index contributed by atoms with van der Waals surface area (Å²) in [7, 11) is 0. The van der Waals surface area contributed by atoms with Gasteiger partial charge in [0, 0.05) is 13.5 Å². The first-order valence-electron chi connectivity index (χ1n) is 5.92. The Morgan fingerprint density at radius 1 is 1.41 bits per heavy atom. The third-order valence-electron chi connectivity index (χ3n) is 2.71. The van der Waals surface area contributed by atoms with Crippen molar-refractivity contribution in [2.24, 2.45) is 0 Å². The first-order valence-corrected chi connectivity index (χ1v) is 5.92. The van der Waals surface area contributed by atoms with E-state index in [0.717, 1.165) is 18.4 Å². The number of hydrogen-bond acceptors (Lipinski definition) is 2. The van der Waals surface area contributed by atoms with Crippen molar-refractivity contribution in [1.82, 2.24) is 4.90 Å². The van der Waals surface area contributed by atoms with Crippen molar-refractivity contribution in [3.05, 3.63) is 35.9 Å². The number of hydrogen-bond donors (Lipinski definition) is 0. The van der Waals surface area contributed by atoms with Crippen LogP contribution in [0.1, 0.15) is 38.3 Å². The SMILES string of the molecule is CCCCN(C(C)=O)C(C#N)c1ccccc1. The van der Waals surface area contributed by atoms with Crippen molar-refractivity contribution in [3.8, 4) is 6.07 Å². The second-order valence-corrected chi connectivity index (χ2v) is 4.01. The number of nitriles is 1. The standard InChI is InChI=1S/C14H18N2O/c1-3-4-10-16(12(2)17)14(11-15)13-8-6-5-7-9-13/h5-9,14H,3-4,10H2,1-2H3. The van der Waals surface area contributed by atoms with Crippen molar-refractivity contribution in [1.29, 1.82) is 5.26 Å². The minimum Gasteiger partial charge on any atom is -0.323 e. The highest BCUT2D eigenvalue weighted by Crippen LogP contribution is 2.20. The molecule has 1 atom stereocenters. The molecule has 1 unspecified atom stereocenters. The van der Waals surface area contributed by atoms with Crippen LogP contribution in [0.25, 0.3) is 0 Å². The summed E-state index contributed by atoms with van der Waals surface area (Å²) in [5.41, 5.74) is 0.876. The lowest BCUT2D eigenvalue weighted by atomic mass is 10.1. The monoisotopic (exact) mass is 230 g/mol. The molecule has 17 heavy (non-hydrogen) atoms. The van der Waals surface area contributed by atoms with Gasteiger partial charge >= 0.3 is 0 Å². The van der Waals surface area contributed by atoms with Crippen LogP contribution in [-0.4, -0.2) is 17.4 Å². The van der Waals surface area contributed by atoms with Crippen LogP contribution < -0.4 is 0 Å². The molecule has 3 heteroatoms. The number of carbonyl (C=O) groups is 1. The Hall–Kier alpha value is -1.82. The average molecular weight is 230 g/mol. The summed E-state index contributed by atoms with van der Waals surface area (Å²) >= 11 is 0. The minimum absolute atomic E-state index is 0.0474. The molecule has 1 aromatic rings. The van der Waals surface area contributed by atoms with Gasteiger partial charge in [-0.25, -0.2) is 0 Å². The molecular weight excluding hydrogens is 212 g/mol.